The number of nitriles is 1. The van der Waals surface area contributed by atoms with Crippen molar-refractivity contribution in [2.75, 3.05) is 12.4 Å². The van der Waals surface area contributed by atoms with Crippen LogP contribution < -0.4 is 14.8 Å². The standard InChI is InChI=1S/C27H23BrN2O5/c1-16-4-9-22(10-17(16)2)30-26(31)21(14-29)11-19-12-23(28)25(24(13-19)34-3)35-15-18-5-7-20(8-6-18)27(32)33/h4-13H,15H2,1-3H3,(H,30,31)(H,32,33)/b21-11+. The number of amides is 1. The molecule has 1 amide bonds. The fraction of sp³-hybridized carbons (Fsp3) is 0.148. The van der Waals surface area contributed by atoms with Gasteiger partial charge >= 0.3 is 5.97 Å². The van der Waals surface area contributed by atoms with E-state index in [2.05, 4.69) is 21.2 Å². The lowest BCUT2D eigenvalue weighted by Crippen LogP contribution is -2.13. The Morgan fingerprint density at radius 3 is 2.40 bits per heavy atom. The number of methoxy groups -OCH3 is 1. The molecule has 0 fully saturated rings. The predicted molar refractivity (Wildman–Crippen MR) is 137 cm³/mol. The van der Waals surface area contributed by atoms with Crippen LogP contribution >= 0.6 is 15.9 Å². The number of carboxylic acids is 1. The minimum atomic E-state index is -0.995. The quantitative estimate of drug-likeness (QED) is 0.275. The van der Waals surface area contributed by atoms with Crippen LogP contribution in [0.3, 0.4) is 0 Å². The highest BCUT2D eigenvalue weighted by molar-refractivity contribution is 9.10. The van der Waals surface area contributed by atoms with Crippen LogP contribution in [0.15, 0.2) is 64.6 Å². The molecule has 0 saturated heterocycles. The lowest BCUT2D eigenvalue weighted by Gasteiger charge is -2.14. The minimum absolute atomic E-state index is 0.0654. The van der Waals surface area contributed by atoms with E-state index < -0.39 is 11.9 Å². The lowest BCUT2D eigenvalue weighted by molar-refractivity contribution is -0.112. The number of carboxylic acid groups (broad SMARTS) is 1. The summed E-state index contributed by atoms with van der Waals surface area (Å²) in [5.74, 6) is -0.675. The van der Waals surface area contributed by atoms with Gasteiger partial charge in [-0.2, -0.15) is 5.26 Å². The molecular formula is C27H23BrN2O5. The van der Waals surface area contributed by atoms with E-state index in [0.717, 1.165) is 16.7 Å². The normalized spacial score (nSPS) is 10.9. The number of aryl methyl sites for hydroxylation is 2. The van der Waals surface area contributed by atoms with Gasteiger partial charge in [0, 0.05) is 5.69 Å². The summed E-state index contributed by atoms with van der Waals surface area (Å²) in [4.78, 5) is 23.7. The summed E-state index contributed by atoms with van der Waals surface area (Å²) in [5, 5.41) is 21.3. The van der Waals surface area contributed by atoms with E-state index in [1.54, 1.807) is 30.3 Å². The Morgan fingerprint density at radius 1 is 1.09 bits per heavy atom. The van der Waals surface area contributed by atoms with Crippen molar-refractivity contribution in [3.63, 3.8) is 0 Å². The van der Waals surface area contributed by atoms with Crippen molar-refractivity contribution in [2.24, 2.45) is 0 Å². The molecule has 0 heterocycles. The first-order chi connectivity index (χ1) is 16.7. The van der Waals surface area contributed by atoms with Crippen molar-refractivity contribution in [3.05, 3.63) is 92.5 Å². The third kappa shape index (κ3) is 6.49. The molecule has 0 bridgehead atoms. The molecule has 0 aliphatic rings. The average Bonchev–Trinajstić information content (AvgIpc) is 2.84. The highest BCUT2D eigenvalue weighted by Crippen LogP contribution is 2.38. The van der Waals surface area contributed by atoms with Crippen molar-refractivity contribution >= 4 is 39.6 Å². The molecule has 7 nitrogen and oxygen atoms in total. The maximum Gasteiger partial charge on any atom is 0.335 e. The number of hydrogen-bond donors (Lipinski definition) is 2. The number of anilines is 1. The number of carbonyl (C=O) groups is 2. The lowest BCUT2D eigenvalue weighted by atomic mass is 10.1. The van der Waals surface area contributed by atoms with E-state index in [1.807, 2.05) is 32.0 Å². The summed E-state index contributed by atoms with van der Waals surface area (Å²) in [7, 11) is 1.49. The van der Waals surface area contributed by atoms with Crippen LogP contribution in [-0.4, -0.2) is 24.1 Å². The van der Waals surface area contributed by atoms with E-state index in [4.69, 9.17) is 14.6 Å². The van der Waals surface area contributed by atoms with Gasteiger partial charge in [-0.25, -0.2) is 4.79 Å². The minimum Gasteiger partial charge on any atom is -0.493 e. The first-order valence-electron chi connectivity index (χ1n) is 10.5. The summed E-state index contributed by atoms with van der Waals surface area (Å²) in [5.41, 5.74) is 4.23. The van der Waals surface area contributed by atoms with Crippen molar-refractivity contribution in [3.8, 4) is 17.6 Å². The third-order valence-electron chi connectivity index (χ3n) is 5.28. The van der Waals surface area contributed by atoms with Gasteiger partial charge in [0.05, 0.1) is 17.1 Å². The summed E-state index contributed by atoms with van der Waals surface area (Å²) in [6.45, 7) is 4.12. The van der Waals surface area contributed by atoms with Gasteiger partial charge in [-0.05, 0) is 94.5 Å². The molecule has 0 unspecified atom stereocenters. The molecule has 0 aliphatic heterocycles. The van der Waals surface area contributed by atoms with E-state index in [9.17, 15) is 14.9 Å². The summed E-state index contributed by atoms with van der Waals surface area (Å²) < 4.78 is 11.9. The summed E-state index contributed by atoms with van der Waals surface area (Å²) in [6, 6.07) is 17.2. The summed E-state index contributed by atoms with van der Waals surface area (Å²) >= 11 is 3.46. The fourth-order valence-electron chi connectivity index (χ4n) is 3.20. The number of rotatable bonds is 8. The summed E-state index contributed by atoms with van der Waals surface area (Å²) in [6.07, 6.45) is 1.47. The number of aromatic carboxylic acids is 1. The van der Waals surface area contributed by atoms with Gasteiger partial charge in [-0.15, -0.1) is 0 Å². The molecule has 0 atom stereocenters. The van der Waals surface area contributed by atoms with Gasteiger partial charge in [0.1, 0.15) is 18.2 Å². The monoisotopic (exact) mass is 534 g/mol. The first-order valence-corrected chi connectivity index (χ1v) is 11.3. The van der Waals surface area contributed by atoms with Gasteiger partial charge in [0.2, 0.25) is 0 Å². The van der Waals surface area contributed by atoms with Crippen molar-refractivity contribution < 1.29 is 24.2 Å². The van der Waals surface area contributed by atoms with Crippen molar-refractivity contribution in [1.29, 1.82) is 5.26 Å². The van der Waals surface area contributed by atoms with Crippen molar-refractivity contribution in [2.45, 2.75) is 20.5 Å². The zero-order valence-electron chi connectivity index (χ0n) is 19.4. The molecular weight excluding hydrogens is 512 g/mol. The van der Waals surface area contributed by atoms with Crippen LogP contribution in [0.1, 0.15) is 32.6 Å². The van der Waals surface area contributed by atoms with Crippen LogP contribution in [0, 0.1) is 25.2 Å². The van der Waals surface area contributed by atoms with Gasteiger partial charge in [-0.3, -0.25) is 4.79 Å². The molecule has 0 aromatic heterocycles. The Balaban J connectivity index is 1.79. The second-order valence-electron chi connectivity index (χ2n) is 7.75. The zero-order chi connectivity index (χ0) is 25.5. The smallest absolute Gasteiger partial charge is 0.335 e. The molecule has 0 aliphatic carbocycles. The maximum atomic E-state index is 12.7. The largest absolute Gasteiger partial charge is 0.493 e. The van der Waals surface area contributed by atoms with E-state index in [1.165, 1.54) is 25.3 Å². The van der Waals surface area contributed by atoms with Crippen LogP contribution in [-0.2, 0) is 11.4 Å². The van der Waals surface area contributed by atoms with Crippen LogP contribution in [0.2, 0.25) is 0 Å². The van der Waals surface area contributed by atoms with Gasteiger partial charge in [0.15, 0.2) is 11.5 Å². The molecule has 0 saturated carbocycles. The Kier molecular flexibility index (Phi) is 8.29. The molecule has 2 N–H and O–H groups in total. The molecule has 35 heavy (non-hydrogen) atoms. The van der Waals surface area contributed by atoms with E-state index in [-0.39, 0.29) is 17.7 Å². The molecule has 178 valence electrons. The topological polar surface area (TPSA) is 109 Å². The van der Waals surface area contributed by atoms with Gasteiger partial charge < -0.3 is 19.9 Å². The molecule has 0 spiro atoms. The Labute approximate surface area is 211 Å². The van der Waals surface area contributed by atoms with Crippen LogP contribution in [0.25, 0.3) is 6.08 Å². The molecule has 3 aromatic carbocycles. The molecule has 3 aromatic rings. The third-order valence-corrected chi connectivity index (χ3v) is 5.87. The molecule has 0 radical (unpaired) electrons. The molecule has 3 rings (SSSR count). The van der Waals surface area contributed by atoms with Gasteiger partial charge in [0.25, 0.3) is 5.91 Å². The number of ether oxygens (including phenoxy) is 2. The number of benzene rings is 3. The number of halogens is 1. The number of nitrogens with zero attached hydrogens (tertiary/aromatic N) is 1. The Morgan fingerprint density at radius 2 is 1.80 bits per heavy atom. The highest BCUT2D eigenvalue weighted by Gasteiger charge is 2.15. The predicted octanol–water partition coefficient (Wildman–Crippen LogP) is 5.90. The Hall–Kier alpha value is -4.09. The number of nitrogens with one attached hydrogen (secondary N) is 1. The van der Waals surface area contributed by atoms with Crippen LogP contribution in [0.4, 0.5) is 5.69 Å². The Bertz CT molecular complexity index is 1340. The fourth-order valence-corrected chi connectivity index (χ4v) is 3.77. The van der Waals surface area contributed by atoms with E-state index in [0.29, 0.717) is 27.2 Å². The van der Waals surface area contributed by atoms with Crippen LogP contribution in [0.5, 0.6) is 11.5 Å². The van der Waals surface area contributed by atoms with Crippen molar-refractivity contribution in [1.82, 2.24) is 0 Å². The average molecular weight is 535 g/mol. The second kappa shape index (κ2) is 11.4. The SMILES string of the molecule is COc1cc(/C=C(\C#N)C(=O)Nc2ccc(C)c(C)c2)cc(Br)c1OCc1ccc(C(=O)O)cc1. The van der Waals surface area contributed by atoms with E-state index >= 15 is 0 Å². The highest BCUT2D eigenvalue weighted by atomic mass is 79.9. The second-order valence-corrected chi connectivity index (χ2v) is 8.60. The number of hydrogen-bond acceptors (Lipinski definition) is 5. The van der Waals surface area contributed by atoms with Gasteiger partial charge in [-0.1, -0.05) is 18.2 Å². The molecule has 8 heteroatoms. The maximum absolute atomic E-state index is 12.7. The zero-order valence-corrected chi connectivity index (χ0v) is 21.0. The number of carbonyl (C=O) groups excluding carboxylic acids is 1. The first kappa shape index (κ1) is 25.5.